The summed E-state index contributed by atoms with van der Waals surface area (Å²) in [5.41, 5.74) is 1.99. The summed E-state index contributed by atoms with van der Waals surface area (Å²) in [5.74, 6) is 0.759. The van der Waals surface area contributed by atoms with Crippen LogP contribution < -0.4 is 15.0 Å². The predicted molar refractivity (Wildman–Crippen MR) is 166 cm³/mol. The second-order valence-corrected chi connectivity index (χ2v) is 12.6. The van der Waals surface area contributed by atoms with Gasteiger partial charge < -0.3 is 19.4 Å². The van der Waals surface area contributed by atoms with Gasteiger partial charge in [0, 0.05) is 68.5 Å². The van der Waals surface area contributed by atoms with Crippen LogP contribution in [0.4, 0.5) is 18.9 Å². The van der Waals surface area contributed by atoms with Gasteiger partial charge in [0.1, 0.15) is 17.4 Å². The fourth-order valence-corrected chi connectivity index (χ4v) is 6.83. The van der Waals surface area contributed by atoms with Gasteiger partial charge >= 0.3 is 6.18 Å². The molecule has 0 spiro atoms. The lowest BCUT2D eigenvalue weighted by molar-refractivity contribution is -0.137. The highest BCUT2D eigenvalue weighted by molar-refractivity contribution is 14.1. The van der Waals surface area contributed by atoms with Gasteiger partial charge in [0.15, 0.2) is 5.76 Å². The Morgan fingerprint density at radius 3 is 2.44 bits per heavy atom. The number of aromatic nitrogens is 1. The van der Waals surface area contributed by atoms with Crippen molar-refractivity contribution in [2.75, 3.05) is 24.5 Å². The minimum atomic E-state index is -4.34. The number of furan rings is 1. The average Bonchev–Trinajstić information content (AvgIpc) is 3.43. The summed E-state index contributed by atoms with van der Waals surface area (Å²) in [5, 5.41) is 3.95. The molecule has 226 valence electrons. The minimum absolute atomic E-state index is 0.0107. The summed E-state index contributed by atoms with van der Waals surface area (Å²) in [6, 6.07) is 16.7. The van der Waals surface area contributed by atoms with Crippen LogP contribution in [0.5, 0.6) is 5.75 Å². The van der Waals surface area contributed by atoms with Crippen molar-refractivity contribution >= 4 is 45.2 Å². The Morgan fingerprint density at radius 1 is 1.00 bits per heavy atom. The Morgan fingerprint density at radius 2 is 1.74 bits per heavy atom. The van der Waals surface area contributed by atoms with Crippen molar-refractivity contribution in [2.45, 2.75) is 54.6 Å². The van der Waals surface area contributed by atoms with Gasteiger partial charge in [-0.1, -0.05) is 22.6 Å². The van der Waals surface area contributed by atoms with E-state index in [1.807, 2.05) is 42.7 Å². The highest BCUT2D eigenvalue weighted by atomic mass is 127. The summed E-state index contributed by atoms with van der Waals surface area (Å²) in [4.78, 5) is 21.6. The van der Waals surface area contributed by atoms with E-state index in [1.165, 1.54) is 17.7 Å². The molecule has 2 aliphatic rings. The van der Waals surface area contributed by atoms with E-state index >= 15 is 0 Å². The van der Waals surface area contributed by atoms with Crippen LogP contribution >= 0.6 is 22.6 Å². The van der Waals surface area contributed by atoms with Crippen LogP contribution in [-0.2, 0) is 12.7 Å². The highest BCUT2D eigenvalue weighted by Crippen LogP contribution is 2.32. The van der Waals surface area contributed by atoms with Crippen LogP contribution in [0, 0.1) is 0 Å². The van der Waals surface area contributed by atoms with E-state index in [9.17, 15) is 18.0 Å². The second-order valence-electron chi connectivity index (χ2n) is 11.1. The number of nitrogens with one attached hydrogen (secondary N) is 1. The summed E-state index contributed by atoms with van der Waals surface area (Å²) < 4.78 is 51.1. The van der Waals surface area contributed by atoms with Gasteiger partial charge in [-0.15, -0.1) is 0 Å². The standard InChI is InChI=1S/C32H32F3IN4O3/c33-32(34,35)23-1-3-25(4-2-23)39-15-10-26(11-16-39)42-27-5-6-28-22(17-27)18-29(43-28)31(41)38-24-9-14-40(30(36)19-24)20-21-7-12-37-13-8-21/h1-8,12-13,17-18,24,26,30H,9-11,14-16,19-20H2,(H,38,41). The highest BCUT2D eigenvalue weighted by Gasteiger charge is 2.31. The predicted octanol–water partition coefficient (Wildman–Crippen LogP) is 7.05. The topological polar surface area (TPSA) is 70.8 Å². The van der Waals surface area contributed by atoms with Crippen LogP contribution in [0.3, 0.4) is 0 Å². The number of hydrogen-bond acceptors (Lipinski definition) is 6. The molecular formula is C32H32F3IN4O3. The maximum atomic E-state index is 13.1. The monoisotopic (exact) mass is 704 g/mol. The van der Waals surface area contributed by atoms with Crippen LogP contribution in [0.1, 0.15) is 47.4 Å². The Labute approximate surface area is 261 Å². The first-order valence-electron chi connectivity index (χ1n) is 14.4. The normalized spacial score (nSPS) is 20.3. The van der Waals surface area contributed by atoms with Gasteiger partial charge in [-0.25, -0.2) is 0 Å². The molecule has 0 bridgehead atoms. The number of ether oxygens (including phenoxy) is 1. The molecule has 0 aliphatic carbocycles. The van der Waals surface area contributed by atoms with Crippen molar-refractivity contribution in [3.63, 3.8) is 0 Å². The van der Waals surface area contributed by atoms with Gasteiger partial charge in [-0.05, 0) is 79.1 Å². The molecule has 2 unspecified atom stereocenters. The molecule has 1 N–H and O–H groups in total. The number of likely N-dealkylation sites (tertiary alicyclic amines) is 1. The Bertz CT molecular complexity index is 1540. The molecule has 2 atom stereocenters. The molecule has 4 heterocycles. The molecule has 4 aromatic rings. The summed E-state index contributed by atoms with van der Waals surface area (Å²) in [6.45, 7) is 3.14. The largest absolute Gasteiger partial charge is 0.490 e. The summed E-state index contributed by atoms with van der Waals surface area (Å²) >= 11 is 2.45. The van der Waals surface area contributed by atoms with Gasteiger partial charge in [0.25, 0.3) is 5.91 Å². The number of amides is 1. The molecule has 2 aromatic carbocycles. The molecule has 2 aliphatic heterocycles. The Balaban J connectivity index is 1.00. The second kappa shape index (κ2) is 12.7. The number of rotatable bonds is 7. The number of pyridine rings is 1. The van der Waals surface area contributed by atoms with E-state index in [-0.39, 0.29) is 23.8 Å². The number of nitrogens with zero attached hydrogens (tertiary/aromatic N) is 3. The van der Waals surface area contributed by atoms with Crippen molar-refractivity contribution in [1.29, 1.82) is 0 Å². The number of alkyl halides is 4. The third-order valence-electron chi connectivity index (χ3n) is 8.13. The van der Waals surface area contributed by atoms with Crippen LogP contribution in [0.2, 0.25) is 0 Å². The van der Waals surface area contributed by atoms with E-state index in [2.05, 4.69) is 42.7 Å². The Hall–Kier alpha value is -3.32. The molecule has 2 fully saturated rings. The fourth-order valence-electron chi connectivity index (χ4n) is 5.74. The molecular weight excluding hydrogens is 672 g/mol. The summed E-state index contributed by atoms with van der Waals surface area (Å²) in [7, 11) is 0. The third-order valence-corrected chi connectivity index (χ3v) is 9.42. The van der Waals surface area contributed by atoms with E-state index in [0.29, 0.717) is 28.5 Å². The zero-order valence-corrected chi connectivity index (χ0v) is 25.6. The fraction of sp³-hybridized carbons (Fsp3) is 0.375. The summed E-state index contributed by atoms with van der Waals surface area (Å²) in [6.07, 6.45) is 2.49. The molecule has 11 heteroatoms. The molecule has 7 nitrogen and oxygen atoms in total. The van der Waals surface area contributed by atoms with Gasteiger partial charge in [0.05, 0.1) is 9.61 Å². The maximum Gasteiger partial charge on any atom is 0.416 e. The first kappa shape index (κ1) is 29.7. The lowest BCUT2D eigenvalue weighted by atomic mass is 10.0. The van der Waals surface area contributed by atoms with E-state index in [1.54, 1.807) is 6.07 Å². The molecule has 43 heavy (non-hydrogen) atoms. The number of benzene rings is 2. The van der Waals surface area contributed by atoms with Crippen molar-refractivity contribution < 1.29 is 27.1 Å². The lowest BCUT2D eigenvalue weighted by Crippen LogP contribution is -2.47. The van der Waals surface area contributed by atoms with E-state index in [4.69, 9.17) is 9.15 Å². The number of halogens is 4. The Kier molecular flexibility index (Phi) is 8.80. The third kappa shape index (κ3) is 7.26. The molecule has 0 saturated carbocycles. The smallest absolute Gasteiger partial charge is 0.416 e. The first-order valence-corrected chi connectivity index (χ1v) is 15.7. The van der Waals surface area contributed by atoms with Crippen molar-refractivity contribution in [2.24, 2.45) is 0 Å². The molecule has 2 aromatic heterocycles. The van der Waals surface area contributed by atoms with Crippen molar-refractivity contribution in [3.05, 3.63) is 89.9 Å². The number of anilines is 1. The number of hydrogen-bond donors (Lipinski definition) is 1. The van der Waals surface area contributed by atoms with Crippen LogP contribution in [-0.4, -0.2) is 51.6 Å². The lowest BCUT2D eigenvalue weighted by Gasteiger charge is -2.36. The number of carbonyl (C=O) groups is 1. The quantitative estimate of drug-likeness (QED) is 0.126. The van der Waals surface area contributed by atoms with E-state index in [0.717, 1.165) is 62.0 Å². The zero-order chi connectivity index (χ0) is 30.0. The molecule has 1 amide bonds. The van der Waals surface area contributed by atoms with Crippen molar-refractivity contribution in [3.8, 4) is 5.75 Å². The van der Waals surface area contributed by atoms with E-state index < -0.39 is 11.7 Å². The number of fused-ring (bicyclic) bond motifs is 1. The zero-order valence-electron chi connectivity index (χ0n) is 23.4. The number of carbonyl (C=O) groups excluding carboxylic acids is 1. The van der Waals surface area contributed by atoms with Crippen LogP contribution in [0.25, 0.3) is 11.0 Å². The first-order chi connectivity index (χ1) is 20.7. The maximum absolute atomic E-state index is 13.1. The molecule has 6 rings (SSSR count). The van der Waals surface area contributed by atoms with Gasteiger partial charge in [-0.2, -0.15) is 13.2 Å². The van der Waals surface area contributed by atoms with Gasteiger partial charge in [0.2, 0.25) is 0 Å². The molecule has 2 saturated heterocycles. The number of piperidine rings is 2. The average molecular weight is 705 g/mol. The van der Waals surface area contributed by atoms with Crippen LogP contribution in [0.15, 0.2) is 77.5 Å². The van der Waals surface area contributed by atoms with Gasteiger partial charge in [-0.3, -0.25) is 14.7 Å². The minimum Gasteiger partial charge on any atom is -0.490 e. The van der Waals surface area contributed by atoms with Crippen molar-refractivity contribution in [1.82, 2.24) is 15.2 Å². The molecule has 0 radical (unpaired) electrons. The SMILES string of the molecule is O=C(NC1CCN(Cc2ccncc2)C(I)C1)c1cc2cc(OC3CCN(c4ccc(C(F)(F)F)cc4)CC3)ccc2o1.